The third-order valence-electron chi connectivity index (χ3n) is 2.07. The molecule has 78 valence electrons. The van der Waals surface area contributed by atoms with Gasteiger partial charge in [-0.3, -0.25) is 0 Å². The van der Waals surface area contributed by atoms with E-state index in [0.717, 1.165) is 17.7 Å². The van der Waals surface area contributed by atoms with Gasteiger partial charge in [0.05, 0.1) is 0 Å². The monoisotopic (exact) mass is 353 g/mol. The summed E-state index contributed by atoms with van der Waals surface area (Å²) in [4.78, 5) is 0. The molecular weight excluding hydrogens is 344 g/mol. The number of nitrogens with two attached hydrogens (primary N) is 1. The van der Waals surface area contributed by atoms with Crippen molar-refractivity contribution in [1.82, 2.24) is 0 Å². The van der Waals surface area contributed by atoms with E-state index in [1.807, 2.05) is 22.6 Å². The van der Waals surface area contributed by atoms with E-state index in [4.69, 9.17) is 5.73 Å². The van der Waals surface area contributed by atoms with Gasteiger partial charge in [-0.25, -0.2) is 0 Å². The van der Waals surface area contributed by atoms with Crippen molar-refractivity contribution in [3.05, 3.63) is 26.8 Å². The van der Waals surface area contributed by atoms with Gasteiger partial charge in [-0.2, -0.15) is 0 Å². The van der Waals surface area contributed by atoms with Crippen molar-refractivity contribution < 1.29 is 64.3 Å². The molecule has 0 spiro atoms. The summed E-state index contributed by atoms with van der Waals surface area (Å²) in [5.74, 6) is 0. The van der Waals surface area contributed by atoms with Gasteiger partial charge >= 0.3 is 58.4 Å². The Morgan fingerprint density at radius 2 is 1.87 bits per heavy atom. The van der Waals surface area contributed by atoms with E-state index in [2.05, 4.69) is 0 Å². The molecule has 0 saturated heterocycles. The van der Waals surface area contributed by atoms with Gasteiger partial charge < -0.3 is 18.7 Å². The summed E-state index contributed by atoms with van der Waals surface area (Å²) in [6.45, 7) is -3.01. The van der Waals surface area contributed by atoms with Crippen LogP contribution in [0.4, 0.5) is 12.9 Å². The standard InChI is InChI=1S/C8H9BF3IN.K/c1-5-6(4-14)2-7(3-8(5)13)9(10,11)12;/h2-3H,4,14H2,1H3;/q-1;+1. The topological polar surface area (TPSA) is 26.0 Å². The molecule has 0 amide bonds. The summed E-state index contributed by atoms with van der Waals surface area (Å²) >= 11 is 1.89. The van der Waals surface area contributed by atoms with Crippen LogP contribution in [0.15, 0.2) is 12.1 Å². The van der Waals surface area contributed by atoms with Gasteiger partial charge in [0.2, 0.25) is 0 Å². The molecule has 1 aromatic carbocycles. The molecule has 0 atom stereocenters. The minimum atomic E-state index is -4.92. The molecule has 1 aromatic rings. The second-order valence-corrected chi connectivity index (χ2v) is 4.23. The summed E-state index contributed by atoms with van der Waals surface area (Å²) in [6, 6.07) is 2.30. The van der Waals surface area contributed by atoms with E-state index >= 15 is 0 Å². The van der Waals surface area contributed by atoms with E-state index < -0.39 is 12.4 Å². The maximum atomic E-state index is 12.4. The summed E-state index contributed by atoms with van der Waals surface area (Å²) < 4.78 is 37.9. The molecule has 0 fully saturated rings. The molecule has 1 nitrogen and oxygen atoms in total. The Balaban J connectivity index is 0.00000196. The molecule has 0 bridgehead atoms. The molecule has 0 saturated carbocycles. The summed E-state index contributed by atoms with van der Waals surface area (Å²) in [6.07, 6.45) is 0. The maximum absolute atomic E-state index is 12.4. The second-order valence-electron chi connectivity index (χ2n) is 3.07. The van der Waals surface area contributed by atoms with Crippen molar-refractivity contribution >= 4 is 35.0 Å². The molecule has 0 aliphatic carbocycles. The molecular formula is C8H9BF3IKN. The maximum Gasteiger partial charge on any atom is 1.00 e. The van der Waals surface area contributed by atoms with Crippen molar-refractivity contribution in [1.29, 1.82) is 0 Å². The number of halogens is 4. The Kier molecular flexibility index (Phi) is 6.96. The first kappa shape index (κ1) is 16.4. The van der Waals surface area contributed by atoms with Crippen LogP contribution >= 0.6 is 22.6 Å². The molecule has 7 heteroatoms. The van der Waals surface area contributed by atoms with Crippen molar-refractivity contribution in [2.75, 3.05) is 0 Å². The molecule has 2 N–H and O–H groups in total. The fourth-order valence-electron chi connectivity index (χ4n) is 1.16. The van der Waals surface area contributed by atoms with Gasteiger partial charge in [0.1, 0.15) is 0 Å². The van der Waals surface area contributed by atoms with Crippen LogP contribution in [0.5, 0.6) is 0 Å². The first-order valence-electron chi connectivity index (χ1n) is 4.05. The molecule has 0 aromatic heterocycles. The van der Waals surface area contributed by atoms with Crippen molar-refractivity contribution in [3.8, 4) is 0 Å². The molecule has 0 aliphatic rings. The SMILES string of the molecule is Cc1c(I)cc([B-](F)(F)F)cc1CN.[K+]. The van der Waals surface area contributed by atoms with Crippen LogP contribution in [-0.4, -0.2) is 6.98 Å². The van der Waals surface area contributed by atoms with Crippen LogP contribution in [0.2, 0.25) is 0 Å². The Labute approximate surface area is 143 Å². The van der Waals surface area contributed by atoms with Crippen LogP contribution in [0.3, 0.4) is 0 Å². The van der Waals surface area contributed by atoms with E-state index in [0.29, 0.717) is 9.13 Å². The Hall–Kier alpha value is 1.40. The molecule has 0 aliphatic heterocycles. The zero-order chi connectivity index (χ0) is 10.9. The first-order chi connectivity index (χ1) is 6.36. The average Bonchev–Trinajstić information content (AvgIpc) is 2.07. The van der Waals surface area contributed by atoms with Crippen LogP contribution in [-0.2, 0) is 6.54 Å². The Morgan fingerprint density at radius 3 is 2.27 bits per heavy atom. The number of rotatable bonds is 2. The van der Waals surface area contributed by atoms with Gasteiger partial charge in [0, 0.05) is 10.1 Å². The fraction of sp³-hybridized carbons (Fsp3) is 0.250. The largest absolute Gasteiger partial charge is 1.00 e. The van der Waals surface area contributed by atoms with Gasteiger partial charge in [-0.05, 0) is 40.6 Å². The van der Waals surface area contributed by atoms with Gasteiger partial charge in [0.25, 0.3) is 0 Å². The van der Waals surface area contributed by atoms with Crippen molar-refractivity contribution in [2.45, 2.75) is 13.5 Å². The molecule has 1 rings (SSSR count). The van der Waals surface area contributed by atoms with Gasteiger partial charge in [-0.15, -0.1) is 5.46 Å². The summed E-state index contributed by atoms with van der Waals surface area (Å²) in [5.41, 5.74) is 6.19. The van der Waals surface area contributed by atoms with E-state index in [-0.39, 0.29) is 57.9 Å². The van der Waals surface area contributed by atoms with Crippen LogP contribution < -0.4 is 62.6 Å². The molecule has 15 heavy (non-hydrogen) atoms. The van der Waals surface area contributed by atoms with Crippen molar-refractivity contribution in [3.63, 3.8) is 0 Å². The quantitative estimate of drug-likeness (QED) is 0.543. The van der Waals surface area contributed by atoms with Crippen LogP contribution in [0.1, 0.15) is 11.1 Å². The fourth-order valence-corrected chi connectivity index (χ4v) is 1.87. The molecule has 0 unspecified atom stereocenters. The average molecular weight is 353 g/mol. The predicted octanol–water partition coefficient (Wildman–Crippen LogP) is -0.883. The minimum absolute atomic E-state index is 0. The van der Waals surface area contributed by atoms with Gasteiger partial charge in [-0.1, -0.05) is 12.1 Å². The van der Waals surface area contributed by atoms with Gasteiger partial charge in [0.15, 0.2) is 0 Å². The second kappa shape index (κ2) is 6.37. The third-order valence-corrected chi connectivity index (χ3v) is 3.19. The molecule has 0 heterocycles. The minimum Gasteiger partial charge on any atom is -0.445 e. The van der Waals surface area contributed by atoms with E-state index in [9.17, 15) is 12.9 Å². The number of hydrogen-bond acceptors (Lipinski definition) is 1. The number of benzene rings is 1. The van der Waals surface area contributed by atoms with E-state index in [1.165, 1.54) is 0 Å². The Bertz CT molecular complexity index is 356. The predicted molar refractivity (Wildman–Crippen MR) is 60.5 cm³/mol. The first-order valence-corrected chi connectivity index (χ1v) is 5.13. The summed E-state index contributed by atoms with van der Waals surface area (Å²) in [7, 11) is 0. The summed E-state index contributed by atoms with van der Waals surface area (Å²) in [5, 5.41) is 0. The smallest absolute Gasteiger partial charge is 0.445 e. The van der Waals surface area contributed by atoms with E-state index in [1.54, 1.807) is 6.92 Å². The third kappa shape index (κ3) is 4.29. The molecule has 0 radical (unpaired) electrons. The van der Waals surface area contributed by atoms with Crippen molar-refractivity contribution in [2.24, 2.45) is 5.73 Å². The zero-order valence-electron chi connectivity index (χ0n) is 8.53. The van der Waals surface area contributed by atoms with Crippen LogP contribution in [0, 0.1) is 10.5 Å². The normalized spacial score (nSPS) is 11.1. The number of hydrogen-bond donors (Lipinski definition) is 1. The zero-order valence-corrected chi connectivity index (χ0v) is 13.8. The Morgan fingerprint density at radius 1 is 1.33 bits per heavy atom. The van der Waals surface area contributed by atoms with Crippen LogP contribution in [0.25, 0.3) is 0 Å².